The summed E-state index contributed by atoms with van der Waals surface area (Å²) in [6.45, 7) is 4.17. The Morgan fingerprint density at radius 1 is 1.24 bits per heavy atom. The molecule has 0 saturated heterocycles. The van der Waals surface area contributed by atoms with Crippen molar-refractivity contribution in [1.29, 1.82) is 0 Å². The van der Waals surface area contributed by atoms with E-state index >= 15 is 0 Å². The Kier molecular flexibility index (Phi) is 6.01. The maximum Gasteiger partial charge on any atom is 0.250 e. The van der Waals surface area contributed by atoms with Crippen molar-refractivity contribution >= 4 is 28.2 Å². The third-order valence-electron chi connectivity index (χ3n) is 4.55. The summed E-state index contributed by atoms with van der Waals surface area (Å²) in [6, 6.07) is 5.14. The number of hydrogen-bond donors (Lipinski definition) is 3. The number of rotatable bonds is 8. The van der Waals surface area contributed by atoms with Crippen LogP contribution in [0.25, 0.3) is 10.9 Å². The summed E-state index contributed by atoms with van der Waals surface area (Å²) in [6.07, 6.45) is 4.21. The van der Waals surface area contributed by atoms with Crippen LogP contribution in [0.5, 0.6) is 11.5 Å². The predicted octanol–water partition coefficient (Wildman–Crippen LogP) is 2.94. The van der Waals surface area contributed by atoms with Crippen LogP contribution >= 0.6 is 0 Å². The molecule has 0 atom stereocenters. The molecule has 0 unspecified atom stereocenters. The third-order valence-corrected chi connectivity index (χ3v) is 4.55. The average molecular weight is 396 g/mol. The summed E-state index contributed by atoms with van der Waals surface area (Å²) in [5.41, 5.74) is 8.89. The number of aromatic amines is 1. The molecule has 0 aliphatic heterocycles. The van der Waals surface area contributed by atoms with Gasteiger partial charge in [-0.3, -0.25) is 14.6 Å². The number of ether oxygens (including phenoxy) is 2. The number of nitrogens with zero attached hydrogens (tertiary/aromatic N) is 1. The van der Waals surface area contributed by atoms with Gasteiger partial charge in [-0.1, -0.05) is 0 Å². The van der Waals surface area contributed by atoms with E-state index in [1.807, 2.05) is 19.9 Å². The Hall–Kier alpha value is -3.55. The fourth-order valence-corrected chi connectivity index (χ4v) is 3.14. The molecule has 0 bridgehead atoms. The number of fused-ring (bicyclic) bond motifs is 1. The van der Waals surface area contributed by atoms with Gasteiger partial charge >= 0.3 is 0 Å². The van der Waals surface area contributed by atoms with Gasteiger partial charge in [-0.05, 0) is 43.5 Å². The van der Waals surface area contributed by atoms with Gasteiger partial charge in [-0.15, -0.1) is 0 Å². The molecule has 152 valence electrons. The van der Waals surface area contributed by atoms with Gasteiger partial charge < -0.3 is 25.5 Å². The van der Waals surface area contributed by atoms with Crippen molar-refractivity contribution in [2.75, 3.05) is 19.0 Å². The second-order valence-electron chi connectivity index (χ2n) is 6.76. The zero-order chi connectivity index (χ0) is 21.0. The summed E-state index contributed by atoms with van der Waals surface area (Å²) in [5.74, 6) is 0.514. The van der Waals surface area contributed by atoms with Gasteiger partial charge in [0.05, 0.1) is 24.9 Å². The molecule has 8 nitrogen and oxygen atoms in total. The first-order valence-corrected chi connectivity index (χ1v) is 9.24. The lowest BCUT2D eigenvalue weighted by molar-refractivity contribution is -0.118. The van der Waals surface area contributed by atoms with Gasteiger partial charge in [0, 0.05) is 36.0 Å². The normalized spacial score (nSPS) is 10.7. The van der Waals surface area contributed by atoms with Gasteiger partial charge in [0.15, 0.2) is 11.5 Å². The van der Waals surface area contributed by atoms with Crippen LogP contribution in [0, 0.1) is 13.8 Å². The standard InChI is InChI=1S/C21H24N4O4/c1-12-10-23-11-13(2)19(12)24-15-9-18(27)25-20-14(15)6-7-16(28-3)21(20)29-8-4-5-17(22)26/h6-7,9-11H,4-5,8H2,1-3H3,(H2,22,26)(H2,23,24,25,27). The molecule has 0 aliphatic carbocycles. The molecule has 2 heterocycles. The van der Waals surface area contributed by atoms with E-state index in [1.54, 1.807) is 18.5 Å². The zero-order valence-electron chi connectivity index (χ0n) is 16.7. The Labute approximate surface area is 168 Å². The van der Waals surface area contributed by atoms with Crippen LogP contribution in [-0.2, 0) is 4.79 Å². The van der Waals surface area contributed by atoms with Crippen LogP contribution in [0.1, 0.15) is 24.0 Å². The quantitative estimate of drug-likeness (QED) is 0.504. The van der Waals surface area contributed by atoms with E-state index in [0.29, 0.717) is 29.1 Å². The van der Waals surface area contributed by atoms with E-state index in [0.717, 1.165) is 22.2 Å². The monoisotopic (exact) mass is 396 g/mol. The van der Waals surface area contributed by atoms with E-state index in [1.165, 1.54) is 13.2 Å². The molecule has 1 amide bonds. The van der Waals surface area contributed by atoms with Crippen LogP contribution in [0.2, 0.25) is 0 Å². The number of methoxy groups -OCH3 is 1. The van der Waals surface area contributed by atoms with Gasteiger partial charge in [0.1, 0.15) is 0 Å². The van der Waals surface area contributed by atoms with Crippen molar-refractivity contribution < 1.29 is 14.3 Å². The lowest BCUT2D eigenvalue weighted by atomic mass is 10.1. The first-order chi connectivity index (χ1) is 13.9. The number of aromatic nitrogens is 2. The van der Waals surface area contributed by atoms with Crippen molar-refractivity contribution in [1.82, 2.24) is 9.97 Å². The molecule has 0 saturated carbocycles. The van der Waals surface area contributed by atoms with Gasteiger partial charge in [0.2, 0.25) is 5.91 Å². The Bertz CT molecular complexity index is 1090. The number of benzene rings is 1. The summed E-state index contributed by atoms with van der Waals surface area (Å²) >= 11 is 0. The molecule has 2 aromatic heterocycles. The van der Waals surface area contributed by atoms with Crippen molar-refractivity contribution in [3.05, 3.63) is 52.1 Å². The smallest absolute Gasteiger partial charge is 0.250 e. The van der Waals surface area contributed by atoms with E-state index in [2.05, 4.69) is 15.3 Å². The molecule has 0 spiro atoms. The first kappa shape index (κ1) is 20.2. The molecular weight excluding hydrogens is 372 g/mol. The van der Waals surface area contributed by atoms with Crippen LogP contribution in [0.4, 0.5) is 11.4 Å². The van der Waals surface area contributed by atoms with Crippen molar-refractivity contribution in [3.63, 3.8) is 0 Å². The predicted molar refractivity (Wildman–Crippen MR) is 112 cm³/mol. The molecule has 8 heteroatoms. The lowest BCUT2D eigenvalue weighted by Gasteiger charge is -2.17. The van der Waals surface area contributed by atoms with Crippen molar-refractivity contribution in [2.45, 2.75) is 26.7 Å². The molecule has 4 N–H and O–H groups in total. The van der Waals surface area contributed by atoms with Gasteiger partial charge in [-0.2, -0.15) is 0 Å². The molecular formula is C21H24N4O4. The SMILES string of the molecule is COc1ccc2c(Nc3c(C)cncc3C)cc(=O)[nH]c2c1OCCCC(N)=O. The molecule has 3 rings (SSSR count). The fourth-order valence-electron chi connectivity index (χ4n) is 3.14. The Morgan fingerprint density at radius 2 is 1.97 bits per heavy atom. The number of amides is 1. The van der Waals surface area contributed by atoms with Crippen molar-refractivity contribution in [2.24, 2.45) is 5.73 Å². The maximum absolute atomic E-state index is 12.4. The second-order valence-corrected chi connectivity index (χ2v) is 6.76. The van der Waals surface area contributed by atoms with Crippen LogP contribution in [-0.4, -0.2) is 29.6 Å². The minimum Gasteiger partial charge on any atom is -0.493 e. The summed E-state index contributed by atoms with van der Waals surface area (Å²) < 4.78 is 11.3. The van der Waals surface area contributed by atoms with Crippen LogP contribution in [0.15, 0.2) is 35.4 Å². The van der Waals surface area contributed by atoms with Gasteiger partial charge in [-0.25, -0.2) is 0 Å². The topological polar surface area (TPSA) is 119 Å². The zero-order valence-corrected chi connectivity index (χ0v) is 16.7. The number of nitrogens with two attached hydrogens (primary N) is 1. The molecule has 0 fully saturated rings. The number of nitrogens with one attached hydrogen (secondary N) is 2. The molecule has 0 aliphatic rings. The highest BCUT2D eigenvalue weighted by atomic mass is 16.5. The number of pyridine rings is 2. The Balaban J connectivity index is 2.05. The number of hydrogen-bond acceptors (Lipinski definition) is 6. The highest BCUT2D eigenvalue weighted by molar-refractivity contribution is 5.97. The maximum atomic E-state index is 12.4. The summed E-state index contributed by atoms with van der Waals surface area (Å²) in [4.78, 5) is 30.3. The molecule has 29 heavy (non-hydrogen) atoms. The second kappa shape index (κ2) is 8.64. The fraction of sp³-hybridized carbons (Fsp3) is 0.286. The number of carbonyl (C=O) groups excluding carboxylic acids is 1. The van der Waals surface area contributed by atoms with E-state index in [9.17, 15) is 9.59 Å². The molecule has 1 aromatic carbocycles. The Morgan fingerprint density at radius 3 is 2.62 bits per heavy atom. The number of H-pyrrole nitrogens is 1. The minimum absolute atomic E-state index is 0.219. The summed E-state index contributed by atoms with van der Waals surface area (Å²) in [7, 11) is 1.53. The number of carbonyl (C=O) groups is 1. The highest BCUT2D eigenvalue weighted by Gasteiger charge is 2.15. The van der Waals surface area contributed by atoms with E-state index < -0.39 is 0 Å². The van der Waals surface area contributed by atoms with Crippen LogP contribution in [0.3, 0.4) is 0 Å². The van der Waals surface area contributed by atoms with E-state index in [4.69, 9.17) is 15.2 Å². The largest absolute Gasteiger partial charge is 0.493 e. The van der Waals surface area contributed by atoms with Crippen molar-refractivity contribution in [3.8, 4) is 11.5 Å². The highest BCUT2D eigenvalue weighted by Crippen LogP contribution is 2.37. The molecule has 3 aromatic rings. The van der Waals surface area contributed by atoms with Gasteiger partial charge in [0.25, 0.3) is 5.56 Å². The number of anilines is 2. The summed E-state index contributed by atoms with van der Waals surface area (Å²) in [5, 5.41) is 4.12. The van der Waals surface area contributed by atoms with E-state index in [-0.39, 0.29) is 24.5 Å². The minimum atomic E-state index is -0.388. The number of primary amides is 1. The lowest BCUT2D eigenvalue weighted by Crippen LogP contribution is -2.13. The average Bonchev–Trinajstić information content (AvgIpc) is 2.67. The number of aryl methyl sites for hydroxylation is 2. The van der Waals surface area contributed by atoms with Crippen LogP contribution < -0.4 is 26.1 Å². The third kappa shape index (κ3) is 4.48. The first-order valence-electron chi connectivity index (χ1n) is 9.24. The molecule has 0 radical (unpaired) electrons.